The Hall–Kier alpha value is -1.88. The van der Waals surface area contributed by atoms with E-state index < -0.39 is 56.4 Å². The highest BCUT2D eigenvalue weighted by Crippen LogP contribution is 2.33. The average molecular weight is 372 g/mol. The van der Waals surface area contributed by atoms with E-state index in [1.54, 1.807) is 13.8 Å². The maximum absolute atomic E-state index is 13.9. The lowest BCUT2D eigenvalue weighted by Crippen LogP contribution is -2.41. The van der Waals surface area contributed by atoms with E-state index in [1.165, 1.54) is 0 Å². The van der Waals surface area contributed by atoms with Gasteiger partial charge in [-0.2, -0.15) is 13.1 Å². The van der Waals surface area contributed by atoms with Crippen molar-refractivity contribution in [2.75, 3.05) is 20.7 Å². The van der Waals surface area contributed by atoms with Gasteiger partial charge in [0.15, 0.2) is 22.3 Å². The summed E-state index contributed by atoms with van der Waals surface area (Å²) in [6.45, 7) is 2.43. The Balaban J connectivity index is 3.36. The van der Waals surface area contributed by atoms with Gasteiger partial charge in [0, 0.05) is 13.1 Å². The fraction of sp³-hybridized carbons (Fsp3) is 0.462. The van der Waals surface area contributed by atoms with E-state index in [1.807, 2.05) is 0 Å². The van der Waals surface area contributed by atoms with Crippen molar-refractivity contribution in [2.24, 2.45) is 0 Å². The number of nitrogens with one attached hydrogen (secondary N) is 1. The lowest BCUT2D eigenvalue weighted by atomic mass is 10.3. The molecule has 11 heteroatoms. The first-order valence-electron chi connectivity index (χ1n) is 6.60. The molecule has 0 aliphatic carbocycles. The SMILES string of the molecule is COc1c(F)c(F)c(S(=O)(=O)N(C)CC(=O)NC(C)C)c(F)c1F. The highest BCUT2D eigenvalue weighted by molar-refractivity contribution is 7.89. The van der Waals surface area contributed by atoms with Crippen LogP contribution in [-0.4, -0.2) is 45.4 Å². The van der Waals surface area contributed by atoms with Gasteiger partial charge in [-0.3, -0.25) is 4.79 Å². The molecule has 0 bridgehead atoms. The molecule has 24 heavy (non-hydrogen) atoms. The number of carbonyl (C=O) groups is 1. The molecule has 0 heterocycles. The molecule has 0 aliphatic heterocycles. The molecule has 0 fully saturated rings. The van der Waals surface area contributed by atoms with Crippen LogP contribution in [-0.2, 0) is 14.8 Å². The minimum absolute atomic E-state index is 0.275. The lowest BCUT2D eigenvalue weighted by Gasteiger charge is -2.19. The monoisotopic (exact) mass is 372 g/mol. The number of hydrogen-bond acceptors (Lipinski definition) is 4. The fourth-order valence-corrected chi connectivity index (χ4v) is 3.04. The first kappa shape index (κ1) is 20.2. The van der Waals surface area contributed by atoms with Crippen LogP contribution in [0.15, 0.2) is 4.90 Å². The largest absolute Gasteiger partial charge is 0.491 e. The molecule has 0 atom stereocenters. The van der Waals surface area contributed by atoms with Crippen LogP contribution < -0.4 is 10.1 Å². The fourth-order valence-electron chi connectivity index (χ4n) is 1.81. The van der Waals surface area contributed by atoms with Crippen molar-refractivity contribution in [3.05, 3.63) is 23.3 Å². The van der Waals surface area contributed by atoms with Crippen molar-refractivity contribution in [1.82, 2.24) is 9.62 Å². The minimum atomic E-state index is -5.01. The smallest absolute Gasteiger partial charge is 0.249 e. The molecule has 0 saturated heterocycles. The molecular formula is C13H16F4N2O4S. The molecule has 1 aromatic rings. The minimum Gasteiger partial charge on any atom is -0.491 e. The zero-order valence-corrected chi connectivity index (χ0v) is 14.1. The Morgan fingerprint density at radius 2 is 1.58 bits per heavy atom. The van der Waals surface area contributed by atoms with Gasteiger partial charge in [-0.1, -0.05) is 0 Å². The summed E-state index contributed by atoms with van der Waals surface area (Å²) in [5, 5.41) is 2.37. The normalized spacial score (nSPS) is 11.9. The quantitative estimate of drug-likeness (QED) is 0.605. The number of halogens is 4. The van der Waals surface area contributed by atoms with Gasteiger partial charge in [-0.15, -0.1) is 0 Å². The molecular weight excluding hydrogens is 356 g/mol. The first-order valence-corrected chi connectivity index (χ1v) is 8.04. The number of ether oxygens (including phenoxy) is 1. The van der Waals surface area contributed by atoms with Gasteiger partial charge in [0.2, 0.25) is 27.6 Å². The van der Waals surface area contributed by atoms with Crippen LogP contribution in [0.1, 0.15) is 13.8 Å². The predicted octanol–water partition coefficient (Wildman–Crippen LogP) is 1.40. The maximum atomic E-state index is 13.9. The number of methoxy groups -OCH3 is 1. The van der Waals surface area contributed by atoms with Crippen molar-refractivity contribution in [1.29, 1.82) is 0 Å². The second-order valence-corrected chi connectivity index (χ2v) is 7.08. The van der Waals surface area contributed by atoms with Gasteiger partial charge >= 0.3 is 0 Å². The van der Waals surface area contributed by atoms with Gasteiger partial charge in [-0.05, 0) is 13.8 Å². The van der Waals surface area contributed by atoms with E-state index in [9.17, 15) is 30.8 Å². The van der Waals surface area contributed by atoms with Gasteiger partial charge in [-0.25, -0.2) is 17.2 Å². The van der Waals surface area contributed by atoms with E-state index in [0.717, 1.165) is 14.2 Å². The van der Waals surface area contributed by atoms with Crippen molar-refractivity contribution < 1.29 is 35.5 Å². The van der Waals surface area contributed by atoms with Gasteiger partial charge in [0.1, 0.15) is 0 Å². The molecule has 1 rings (SSSR count). The second kappa shape index (κ2) is 7.34. The maximum Gasteiger partial charge on any atom is 0.249 e. The Kier molecular flexibility index (Phi) is 6.17. The number of benzene rings is 1. The van der Waals surface area contributed by atoms with E-state index in [-0.39, 0.29) is 10.3 Å². The highest BCUT2D eigenvalue weighted by atomic mass is 32.2. The molecule has 0 aromatic heterocycles. The third-order valence-corrected chi connectivity index (χ3v) is 4.70. The zero-order valence-electron chi connectivity index (χ0n) is 13.3. The van der Waals surface area contributed by atoms with Gasteiger partial charge in [0.25, 0.3) is 0 Å². The average Bonchev–Trinajstić information content (AvgIpc) is 2.44. The van der Waals surface area contributed by atoms with Crippen molar-refractivity contribution in [3.63, 3.8) is 0 Å². The van der Waals surface area contributed by atoms with Crippen LogP contribution in [0.2, 0.25) is 0 Å². The van der Waals surface area contributed by atoms with Gasteiger partial charge < -0.3 is 10.1 Å². The Morgan fingerprint density at radius 1 is 1.12 bits per heavy atom. The van der Waals surface area contributed by atoms with Crippen LogP contribution in [0.3, 0.4) is 0 Å². The standard InChI is InChI=1S/C13H16F4N2O4S/c1-6(2)18-7(20)5-19(3)24(21,22)13-10(16)8(14)12(23-4)9(15)11(13)17/h6H,5H2,1-4H3,(H,18,20). The van der Waals surface area contributed by atoms with Crippen LogP contribution in [0.5, 0.6) is 5.75 Å². The molecule has 0 unspecified atom stereocenters. The molecule has 136 valence electrons. The summed E-state index contributed by atoms with van der Waals surface area (Å²) in [6, 6.07) is -0.307. The predicted molar refractivity (Wildman–Crippen MR) is 75.9 cm³/mol. The molecule has 0 saturated carbocycles. The summed E-state index contributed by atoms with van der Waals surface area (Å²) in [4.78, 5) is 9.74. The first-order chi connectivity index (χ1) is 10.9. The Bertz CT molecular complexity index is 724. The highest BCUT2D eigenvalue weighted by Gasteiger charge is 2.36. The van der Waals surface area contributed by atoms with Crippen molar-refractivity contribution in [2.45, 2.75) is 24.8 Å². The van der Waals surface area contributed by atoms with Gasteiger partial charge in [0.05, 0.1) is 13.7 Å². The van der Waals surface area contributed by atoms with E-state index in [2.05, 4.69) is 10.1 Å². The third kappa shape index (κ3) is 3.78. The van der Waals surface area contributed by atoms with Crippen molar-refractivity contribution >= 4 is 15.9 Å². The van der Waals surface area contributed by atoms with E-state index >= 15 is 0 Å². The number of nitrogens with zero attached hydrogens (tertiary/aromatic N) is 1. The van der Waals surface area contributed by atoms with Crippen LogP contribution in [0, 0.1) is 23.3 Å². The molecule has 0 radical (unpaired) electrons. The molecule has 1 N–H and O–H groups in total. The van der Waals surface area contributed by atoms with Crippen LogP contribution >= 0.6 is 0 Å². The van der Waals surface area contributed by atoms with Crippen LogP contribution in [0.4, 0.5) is 17.6 Å². The lowest BCUT2D eigenvalue weighted by molar-refractivity contribution is -0.121. The summed E-state index contributed by atoms with van der Waals surface area (Å²) in [5.41, 5.74) is 0. The molecule has 0 aliphatic rings. The second-order valence-electron chi connectivity index (χ2n) is 5.10. The Morgan fingerprint density at radius 3 is 1.96 bits per heavy atom. The van der Waals surface area contributed by atoms with E-state index in [0.29, 0.717) is 0 Å². The number of rotatable bonds is 6. The summed E-state index contributed by atoms with van der Waals surface area (Å²) in [6.07, 6.45) is 0. The summed E-state index contributed by atoms with van der Waals surface area (Å²) in [7, 11) is -3.41. The van der Waals surface area contributed by atoms with Crippen LogP contribution in [0.25, 0.3) is 0 Å². The zero-order chi connectivity index (χ0) is 18.8. The number of likely N-dealkylation sites (N-methyl/N-ethyl adjacent to an activating group) is 1. The molecule has 0 spiro atoms. The topological polar surface area (TPSA) is 75.7 Å². The Labute approximate surface area is 136 Å². The summed E-state index contributed by atoms with van der Waals surface area (Å²) < 4.78 is 84.0. The number of carbonyl (C=O) groups excluding carboxylic acids is 1. The van der Waals surface area contributed by atoms with E-state index in [4.69, 9.17) is 0 Å². The third-order valence-electron chi connectivity index (χ3n) is 2.87. The molecule has 6 nitrogen and oxygen atoms in total. The molecule has 1 amide bonds. The summed E-state index contributed by atoms with van der Waals surface area (Å²) >= 11 is 0. The number of amides is 1. The number of sulfonamides is 1. The van der Waals surface area contributed by atoms with Crippen molar-refractivity contribution in [3.8, 4) is 5.75 Å². The number of hydrogen-bond donors (Lipinski definition) is 1. The molecule has 1 aromatic carbocycles. The summed E-state index contributed by atoms with van der Waals surface area (Å²) in [5.74, 6) is -10.4.